The average molecular weight is 220 g/mol. The summed E-state index contributed by atoms with van der Waals surface area (Å²) in [4.78, 5) is 19.8. The molecule has 0 spiro atoms. The summed E-state index contributed by atoms with van der Waals surface area (Å²) in [6, 6.07) is 1.68. The van der Waals surface area contributed by atoms with Crippen molar-refractivity contribution < 1.29 is 4.79 Å². The predicted molar refractivity (Wildman–Crippen MR) is 61.0 cm³/mol. The van der Waals surface area contributed by atoms with E-state index in [0.717, 1.165) is 31.5 Å². The number of piperidine rings is 1. The number of aryl methyl sites for hydroxylation is 1. The number of nitrogens with zero attached hydrogens (tertiary/aromatic N) is 2. The molecule has 5 nitrogen and oxygen atoms in total. The Kier molecular flexibility index (Phi) is 3.46. The molecule has 1 amide bonds. The highest BCUT2D eigenvalue weighted by atomic mass is 16.2. The summed E-state index contributed by atoms with van der Waals surface area (Å²) < 4.78 is 0. The van der Waals surface area contributed by atoms with Crippen molar-refractivity contribution in [2.45, 2.75) is 32.2 Å². The van der Waals surface area contributed by atoms with Gasteiger partial charge in [0.05, 0.1) is 6.04 Å². The lowest BCUT2D eigenvalue weighted by Gasteiger charge is -2.22. The van der Waals surface area contributed by atoms with Crippen LogP contribution in [0, 0.1) is 6.92 Å². The SMILES string of the molecule is Cc1cc(NC(=O)C2CCCCN2)ncn1. The zero-order valence-electron chi connectivity index (χ0n) is 9.36. The van der Waals surface area contributed by atoms with Crippen molar-refractivity contribution in [3.8, 4) is 0 Å². The van der Waals surface area contributed by atoms with E-state index >= 15 is 0 Å². The fourth-order valence-corrected chi connectivity index (χ4v) is 1.81. The van der Waals surface area contributed by atoms with Crippen molar-refractivity contribution in [1.82, 2.24) is 15.3 Å². The van der Waals surface area contributed by atoms with Crippen LogP contribution >= 0.6 is 0 Å². The lowest BCUT2D eigenvalue weighted by Crippen LogP contribution is -2.43. The van der Waals surface area contributed by atoms with Gasteiger partial charge in [0.15, 0.2) is 0 Å². The zero-order valence-corrected chi connectivity index (χ0v) is 9.36. The second-order valence-corrected chi connectivity index (χ2v) is 4.04. The summed E-state index contributed by atoms with van der Waals surface area (Å²) in [5, 5.41) is 6.00. The highest BCUT2D eigenvalue weighted by Gasteiger charge is 2.20. The van der Waals surface area contributed by atoms with Crippen molar-refractivity contribution in [2.24, 2.45) is 0 Å². The van der Waals surface area contributed by atoms with Gasteiger partial charge in [0, 0.05) is 11.8 Å². The molecule has 0 aromatic carbocycles. The topological polar surface area (TPSA) is 66.9 Å². The number of nitrogens with one attached hydrogen (secondary N) is 2. The van der Waals surface area contributed by atoms with Crippen LogP contribution in [0.1, 0.15) is 25.0 Å². The number of hydrogen-bond donors (Lipinski definition) is 2. The highest BCUT2D eigenvalue weighted by Crippen LogP contribution is 2.09. The molecular weight excluding hydrogens is 204 g/mol. The predicted octanol–water partition coefficient (Wildman–Crippen LogP) is 0.866. The van der Waals surface area contributed by atoms with Gasteiger partial charge in [-0.15, -0.1) is 0 Å². The molecule has 1 atom stereocenters. The standard InChI is InChI=1S/C11H16N4O/c1-8-6-10(14-7-13-8)15-11(16)9-4-2-3-5-12-9/h6-7,9,12H,2-5H2,1H3,(H,13,14,15,16). The first-order valence-corrected chi connectivity index (χ1v) is 5.58. The number of rotatable bonds is 2. The fraction of sp³-hybridized carbons (Fsp3) is 0.545. The summed E-state index contributed by atoms with van der Waals surface area (Å²) in [7, 11) is 0. The highest BCUT2D eigenvalue weighted by molar-refractivity contribution is 5.94. The molecule has 5 heteroatoms. The van der Waals surface area contributed by atoms with Crippen LogP contribution < -0.4 is 10.6 Å². The third-order valence-electron chi connectivity index (χ3n) is 2.68. The van der Waals surface area contributed by atoms with Gasteiger partial charge in [-0.2, -0.15) is 0 Å². The second kappa shape index (κ2) is 5.03. The number of amides is 1. The molecule has 0 radical (unpaired) electrons. The van der Waals surface area contributed by atoms with E-state index in [1.807, 2.05) is 6.92 Å². The normalized spacial score (nSPS) is 20.4. The van der Waals surface area contributed by atoms with Crippen LogP contribution in [0.3, 0.4) is 0 Å². The molecule has 1 aliphatic heterocycles. The molecule has 16 heavy (non-hydrogen) atoms. The van der Waals surface area contributed by atoms with Crippen molar-refractivity contribution in [3.63, 3.8) is 0 Å². The maximum absolute atomic E-state index is 11.8. The van der Waals surface area contributed by atoms with E-state index < -0.39 is 0 Å². The van der Waals surface area contributed by atoms with Gasteiger partial charge >= 0.3 is 0 Å². The smallest absolute Gasteiger partial charge is 0.242 e. The molecule has 1 aromatic rings. The Bertz CT molecular complexity index is 374. The Morgan fingerprint density at radius 3 is 3.06 bits per heavy atom. The molecule has 2 N–H and O–H groups in total. The van der Waals surface area contributed by atoms with Gasteiger partial charge in [-0.1, -0.05) is 6.42 Å². The van der Waals surface area contributed by atoms with Crippen molar-refractivity contribution >= 4 is 11.7 Å². The molecule has 1 unspecified atom stereocenters. The van der Waals surface area contributed by atoms with Crippen molar-refractivity contribution in [3.05, 3.63) is 18.1 Å². The van der Waals surface area contributed by atoms with Crippen LogP contribution in [0.2, 0.25) is 0 Å². The molecule has 1 aromatic heterocycles. The number of carbonyl (C=O) groups is 1. The summed E-state index contributed by atoms with van der Waals surface area (Å²) in [5.74, 6) is 0.572. The Hall–Kier alpha value is -1.49. The van der Waals surface area contributed by atoms with Crippen molar-refractivity contribution in [1.29, 1.82) is 0 Å². The van der Waals surface area contributed by atoms with Crippen molar-refractivity contribution in [2.75, 3.05) is 11.9 Å². The zero-order chi connectivity index (χ0) is 11.4. The maximum Gasteiger partial charge on any atom is 0.242 e. The van der Waals surface area contributed by atoms with Crippen LogP contribution in [0.15, 0.2) is 12.4 Å². The van der Waals surface area contributed by atoms with Gasteiger partial charge in [0.1, 0.15) is 12.1 Å². The monoisotopic (exact) mass is 220 g/mol. The third-order valence-corrected chi connectivity index (χ3v) is 2.68. The quantitative estimate of drug-likeness (QED) is 0.776. The van der Waals surface area contributed by atoms with Crippen LogP contribution in [-0.2, 0) is 4.79 Å². The molecule has 0 aliphatic carbocycles. The molecule has 0 saturated carbocycles. The van der Waals surface area contributed by atoms with E-state index in [9.17, 15) is 4.79 Å². The summed E-state index contributed by atoms with van der Waals surface area (Å²) in [6.07, 6.45) is 4.61. The van der Waals surface area contributed by atoms with E-state index in [0.29, 0.717) is 5.82 Å². The molecular formula is C11H16N4O. The molecule has 86 valence electrons. The summed E-state index contributed by atoms with van der Waals surface area (Å²) in [6.45, 7) is 2.79. The number of carbonyl (C=O) groups excluding carboxylic acids is 1. The first-order valence-electron chi connectivity index (χ1n) is 5.58. The summed E-state index contributed by atoms with van der Waals surface area (Å²) >= 11 is 0. The van der Waals surface area contributed by atoms with Gasteiger partial charge in [-0.25, -0.2) is 9.97 Å². The van der Waals surface area contributed by atoms with Gasteiger partial charge in [0.2, 0.25) is 5.91 Å². The number of aromatic nitrogens is 2. The van der Waals surface area contributed by atoms with Crippen LogP contribution in [0.5, 0.6) is 0 Å². The largest absolute Gasteiger partial charge is 0.309 e. The van der Waals surface area contributed by atoms with Gasteiger partial charge in [0.25, 0.3) is 0 Å². The third kappa shape index (κ3) is 2.76. The fourth-order valence-electron chi connectivity index (χ4n) is 1.81. The van der Waals surface area contributed by atoms with Crippen LogP contribution in [0.25, 0.3) is 0 Å². The Morgan fingerprint density at radius 2 is 2.38 bits per heavy atom. The molecule has 1 aliphatic rings. The lowest BCUT2D eigenvalue weighted by atomic mass is 10.0. The molecule has 0 bridgehead atoms. The molecule has 2 heterocycles. The minimum absolute atomic E-state index is 0.00204. The van der Waals surface area contributed by atoms with E-state index in [1.54, 1.807) is 6.07 Å². The molecule has 1 fully saturated rings. The Balaban J connectivity index is 1.96. The first-order chi connectivity index (χ1) is 7.75. The van der Waals surface area contributed by atoms with E-state index in [4.69, 9.17) is 0 Å². The van der Waals surface area contributed by atoms with E-state index in [2.05, 4.69) is 20.6 Å². The second-order valence-electron chi connectivity index (χ2n) is 4.04. The van der Waals surface area contributed by atoms with E-state index in [1.165, 1.54) is 6.33 Å². The molecule has 1 saturated heterocycles. The minimum atomic E-state index is -0.0796. The van der Waals surface area contributed by atoms with Gasteiger partial charge in [-0.3, -0.25) is 4.79 Å². The number of anilines is 1. The maximum atomic E-state index is 11.8. The van der Waals surface area contributed by atoms with Crippen LogP contribution in [-0.4, -0.2) is 28.5 Å². The first kappa shape index (κ1) is 11.0. The van der Waals surface area contributed by atoms with E-state index in [-0.39, 0.29) is 11.9 Å². The summed E-state index contributed by atoms with van der Waals surface area (Å²) in [5.41, 5.74) is 0.849. The van der Waals surface area contributed by atoms with Gasteiger partial charge < -0.3 is 10.6 Å². The molecule has 2 rings (SSSR count). The minimum Gasteiger partial charge on any atom is -0.309 e. The van der Waals surface area contributed by atoms with Gasteiger partial charge in [-0.05, 0) is 26.3 Å². The lowest BCUT2D eigenvalue weighted by molar-refractivity contribution is -0.118. The van der Waals surface area contributed by atoms with Crippen LogP contribution in [0.4, 0.5) is 5.82 Å². The Morgan fingerprint density at radius 1 is 1.50 bits per heavy atom. The Labute approximate surface area is 94.7 Å². The number of hydrogen-bond acceptors (Lipinski definition) is 4. The average Bonchev–Trinajstić information content (AvgIpc) is 2.30.